The summed E-state index contributed by atoms with van der Waals surface area (Å²) in [5.41, 5.74) is 5.81. The van der Waals surface area contributed by atoms with Crippen LogP contribution in [0.2, 0.25) is 0 Å². The Labute approximate surface area is 153 Å². The third-order valence-corrected chi connectivity index (χ3v) is 4.60. The second-order valence-corrected chi connectivity index (χ2v) is 6.43. The smallest absolute Gasteiger partial charge is 0.308 e. The lowest BCUT2D eigenvalue weighted by atomic mass is 9.92. The third-order valence-electron chi connectivity index (χ3n) is 4.60. The van der Waals surface area contributed by atoms with Gasteiger partial charge in [0.05, 0.1) is 0 Å². The summed E-state index contributed by atoms with van der Waals surface area (Å²) < 4.78 is 10.5. The number of hydrogen-bond acceptors (Lipinski definition) is 4. The van der Waals surface area contributed by atoms with Gasteiger partial charge in [0.15, 0.2) is 0 Å². The van der Waals surface area contributed by atoms with Crippen LogP contribution in [-0.2, 0) is 9.59 Å². The highest BCUT2D eigenvalue weighted by atomic mass is 16.5. The lowest BCUT2D eigenvalue weighted by Gasteiger charge is -2.13. The Balaban J connectivity index is 2.08. The summed E-state index contributed by atoms with van der Waals surface area (Å²) in [6, 6.07) is 13.4. The zero-order valence-electron chi connectivity index (χ0n) is 15.5. The van der Waals surface area contributed by atoms with Gasteiger partial charge in [0.2, 0.25) is 0 Å². The normalized spacial score (nSPS) is 15.6. The molecule has 4 nitrogen and oxygen atoms in total. The summed E-state index contributed by atoms with van der Waals surface area (Å²) in [5, 5.41) is 0. The van der Waals surface area contributed by atoms with E-state index in [0.29, 0.717) is 11.5 Å². The van der Waals surface area contributed by atoms with Gasteiger partial charge in [0, 0.05) is 19.8 Å². The van der Waals surface area contributed by atoms with Gasteiger partial charge in [-0.05, 0) is 58.5 Å². The first-order chi connectivity index (χ1) is 12.4. The first kappa shape index (κ1) is 17.9. The Morgan fingerprint density at radius 1 is 0.962 bits per heavy atom. The van der Waals surface area contributed by atoms with E-state index in [1.54, 1.807) is 6.07 Å². The zero-order valence-corrected chi connectivity index (χ0v) is 15.5. The molecule has 2 aromatic carbocycles. The van der Waals surface area contributed by atoms with Crippen LogP contribution in [0.3, 0.4) is 0 Å². The summed E-state index contributed by atoms with van der Waals surface area (Å²) >= 11 is 0. The molecule has 0 aromatic heterocycles. The predicted molar refractivity (Wildman–Crippen MR) is 101 cm³/mol. The van der Waals surface area contributed by atoms with Crippen LogP contribution in [0.25, 0.3) is 11.1 Å². The van der Waals surface area contributed by atoms with Crippen LogP contribution < -0.4 is 9.47 Å². The number of rotatable bonds is 4. The molecular weight excluding hydrogens is 328 g/mol. The molecule has 0 bridgehead atoms. The molecular formula is C22H22O4. The number of benzene rings is 2. The van der Waals surface area contributed by atoms with Crippen LogP contribution in [0.15, 0.2) is 42.5 Å². The first-order valence-electron chi connectivity index (χ1n) is 8.75. The molecule has 0 fully saturated rings. The molecule has 1 aliphatic carbocycles. The van der Waals surface area contributed by atoms with Gasteiger partial charge in [-0.2, -0.15) is 0 Å². The van der Waals surface area contributed by atoms with E-state index in [9.17, 15) is 9.59 Å². The quantitative estimate of drug-likeness (QED) is 0.577. The van der Waals surface area contributed by atoms with Crippen LogP contribution in [0, 0.1) is 0 Å². The maximum Gasteiger partial charge on any atom is 0.308 e. The average molecular weight is 350 g/mol. The highest BCUT2D eigenvalue weighted by molar-refractivity contribution is 5.99. The molecule has 3 rings (SSSR count). The fourth-order valence-electron chi connectivity index (χ4n) is 3.66. The van der Waals surface area contributed by atoms with E-state index in [2.05, 4.69) is 13.8 Å². The van der Waals surface area contributed by atoms with E-state index in [-0.39, 0.29) is 17.9 Å². The second kappa shape index (κ2) is 7.16. The molecule has 26 heavy (non-hydrogen) atoms. The molecule has 0 N–H and O–H groups in total. The van der Waals surface area contributed by atoms with Crippen LogP contribution in [0.4, 0.5) is 0 Å². The second-order valence-electron chi connectivity index (χ2n) is 6.43. The summed E-state index contributed by atoms with van der Waals surface area (Å²) in [5.74, 6) is 0.651. The van der Waals surface area contributed by atoms with E-state index < -0.39 is 0 Å². The van der Waals surface area contributed by atoms with E-state index in [0.717, 1.165) is 17.5 Å². The maximum absolute atomic E-state index is 11.3. The number of ether oxygens (including phenoxy) is 2. The van der Waals surface area contributed by atoms with E-state index in [4.69, 9.17) is 9.47 Å². The molecule has 4 heteroatoms. The lowest BCUT2D eigenvalue weighted by molar-refractivity contribution is -0.132. The van der Waals surface area contributed by atoms with Crippen LogP contribution in [0.1, 0.15) is 56.7 Å². The van der Waals surface area contributed by atoms with E-state index in [1.165, 1.54) is 30.6 Å². The van der Waals surface area contributed by atoms with Gasteiger partial charge in [0.25, 0.3) is 0 Å². The van der Waals surface area contributed by atoms with Crippen molar-refractivity contribution in [3.05, 3.63) is 59.2 Å². The van der Waals surface area contributed by atoms with E-state index >= 15 is 0 Å². The SMILES string of the molecule is CCC1=C(c2cccc(OC(C)=O)c2)C(C)c2ccc(OC(C)=O)cc21. The Morgan fingerprint density at radius 3 is 2.23 bits per heavy atom. The van der Waals surface area contributed by atoms with Gasteiger partial charge in [-0.25, -0.2) is 0 Å². The minimum absolute atomic E-state index is 0.207. The highest BCUT2D eigenvalue weighted by Gasteiger charge is 2.29. The van der Waals surface area contributed by atoms with Crippen molar-refractivity contribution < 1.29 is 19.1 Å². The highest BCUT2D eigenvalue weighted by Crippen LogP contribution is 2.49. The minimum Gasteiger partial charge on any atom is -0.427 e. The molecule has 1 atom stereocenters. The first-order valence-corrected chi connectivity index (χ1v) is 8.75. The molecule has 0 radical (unpaired) electrons. The number of carbonyl (C=O) groups is 2. The summed E-state index contributed by atoms with van der Waals surface area (Å²) in [6.07, 6.45) is 0.855. The molecule has 0 saturated heterocycles. The molecule has 0 saturated carbocycles. The fourth-order valence-corrected chi connectivity index (χ4v) is 3.66. The molecule has 2 aromatic rings. The van der Waals surface area contributed by atoms with Crippen molar-refractivity contribution in [1.29, 1.82) is 0 Å². The molecule has 134 valence electrons. The van der Waals surface area contributed by atoms with Gasteiger partial charge in [-0.1, -0.05) is 32.0 Å². The van der Waals surface area contributed by atoms with Gasteiger partial charge < -0.3 is 9.47 Å². The number of hydrogen-bond donors (Lipinski definition) is 0. The number of fused-ring (bicyclic) bond motifs is 1. The zero-order chi connectivity index (χ0) is 18.8. The number of carbonyl (C=O) groups excluding carboxylic acids is 2. The Morgan fingerprint density at radius 2 is 1.62 bits per heavy atom. The van der Waals surface area contributed by atoms with Crippen LogP contribution in [-0.4, -0.2) is 11.9 Å². The minimum atomic E-state index is -0.333. The summed E-state index contributed by atoms with van der Waals surface area (Å²) in [7, 11) is 0. The van der Waals surface area contributed by atoms with Gasteiger partial charge in [-0.3, -0.25) is 9.59 Å². The van der Waals surface area contributed by atoms with Crippen molar-refractivity contribution in [2.24, 2.45) is 0 Å². The van der Waals surface area contributed by atoms with Gasteiger partial charge in [0.1, 0.15) is 11.5 Å². The topological polar surface area (TPSA) is 52.6 Å². The predicted octanol–water partition coefficient (Wildman–Crippen LogP) is 4.98. The summed E-state index contributed by atoms with van der Waals surface area (Å²) in [4.78, 5) is 22.5. The Hall–Kier alpha value is -2.88. The molecule has 1 aliphatic rings. The van der Waals surface area contributed by atoms with Crippen molar-refractivity contribution in [2.45, 2.75) is 40.0 Å². The van der Waals surface area contributed by atoms with Gasteiger partial charge in [-0.15, -0.1) is 0 Å². The van der Waals surface area contributed by atoms with Crippen molar-refractivity contribution in [2.75, 3.05) is 0 Å². The third kappa shape index (κ3) is 3.40. The molecule has 0 aliphatic heterocycles. The van der Waals surface area contributed by atoms with Gasteiger partial charge >= 0.3 is 11.9 Å². The van der Waals surface area contributed by atoms with Crippen molar-refractivity contribution in [1.82, 2.24) is 0 Å². The largest absolute Gasteiger partial charge is 0.427 e. The number of allylic oxidation sites excluding steroid dienone is 2. The monoisotopic (exact) mass is 350 g/mol. The van der Waals surface area contributed by atoms with Crippen molar-refractivity contribution in [3.63, 3.8) is 0 Å². The molecule has 0 spiro atoms. The summed E-state index contributed by atoms with van der Waals surface area (Å²) in [6.45, 7) is 7.08. The molecule has 1 unspecified atom stereocenters. The van der Waals surface area contributed by atoms with E-state index in [1.807, 2.05) is 36.4 Å². The fraction of sp³-hybridized carbons (Fsp3) is 0.273. The molecule has 0 heterocycles. The van der Waals surface area contributed by atoms with Crippen molar-refractivity contribution in [3.8, 4) is 11.5 Å². The van der Waals surface area contributed by atoms with Crippen LogP contribution >= 0.6 is 0 Å². The lowest BCUT2D eigenvalue weighted by Crippen LogP contribution is -2.02. The van der Waals surface area contributed by atoms with Crippen LogP contribution in [0.5, 0.6) is 11.5 Å². The van der Waals surface area contributed by atoms with Crippen molar-refractivity contribution >= 4 is 23.1 Å². The molecule has 0 amide bonds. The average Bonchev–Trinajstić information content (AvgIpc) is 2.85. The maximum atomic E-state index is 11.3. The Kier molecular flexibility index (Phi) is 4.94. The number of esters is 2. The standard InChI is InChI=1S/C22H22O4/c1-5-19-21-12-18(26-15(4)24)9-10-20(21)13(2)22(19)16-7-6-8-17(11-16)25-14(3)23/h6-13H,5H2,1-4H3. The Bertz CT molecular complexity index is 908.